The molecule has 2 rings (SSSR count). The maximum atomic E-state index is 11.5. The van der Waals surface area contributed by atoms with Gasteiger partial charge in [-0.3, -0.25) is 0 Å². The van der Waals surface area contributed by atoms with Gasteiger partial charge in [0, 0.05) is 11.2 Å². The first-order valence-corrected chi connectivity index (χ1v) is 9.69. The molecule has 0 unspecified atom stereocenters. The Morgan fingerprint density at radius 2 is 1.91 bits per heavy atom. The molecule has 6 heteroatoms. The molecule has 2 aromatic carbocycles. The highest BCUT2D eigenvalue weighted by Crippen LogP contribution is 2.29. The van der Waals surface area contributed by atoms with Crippen LogP contribution in [0.15, 0.2) is 52.3 Å². The molecule has 0 aliphatic heterocycles. The maximum absolute atomic E-state index is 11.5. The summed E-state index contributed by atoms with van der Waals surface area (Å²) in [7, 11) is -1.60. The van der Waals surface area contributed by atoms with Crippen LogP contribution in [0, 0.1) is 0 Å². The molecule has 0 saturated heterocycles. The van der Waals surface area contributed by atoms with Crippen LogP contribution in [0.3, 0.4) is 0 Å². The van der Waals surface area contributed by atoms with E-state index >= 15 is 0 Å². The van der Waals surface area contributed by atoms with Gasteiger partial charge in [-0.15, -0.1) is 11.8 Å². The molecule has 0 heterocycles. The van der Waals surface area contributed by atoms with E-state index in [9.17, 15) is 8.42 Å². The summed E-state index contributed by atoms with van der Waals surface area (Å²) in [5.41, 5.74) is 0.958. The van der Waals surface area contributed by atoms with Gasteiger partial charge >= 0.3 is 0 Å². The van der Waals surface area contributed by atoms with Crippen LogP contribution in [0.1, 0.15) is 5.56 Å². The van der Waals surface area contributed by atoms with Crippen molar-refractivity contribution < 1.29 is 17.9 Å². The molecule has 0 radical (unpaired) electrons. The predicted molar refractivity (Wildman–Crippen MR) is 88.7 cm³/mol. The van der Waals surface area contributed by atoms with Gasteiger partial charge in [-0.2, -0.15) is 0 Å². The lowest BCUT2D eigenvalue weighted by Crippen LogP contribution is -2.00. The smallest absolute Gasteiger partial charge is 0.175 e. The summed E-state index contributed by atoms with van der Waals surface area (Å²) in [6.45, 7) is 0.345. The third-order valence-electron chi connectivity index (χ3n) is 3.09. The van der Waals surface area contributed by atoms with Crippen LogP contribution in [0.25, 0.3) is 0 Å². The molecule has 0 spiro atoms. The molecule has 22 heavy (non-hydrogen) atoms. The highest BCUT2D eigenvalue weighted by Gasteiger charge is 2.08. The summed E-state index contributed by atoms with van der Waals surface area (Å²) in [6.07, 6.45) is 3.17. The van der Waals surface area contributed by atoms with Crippen LogP contribution in [0.5, 0.6) is 11.5 Å². The average molecular weight is 338 g/mol. The van der Waals surface area contributed by atoms with E-state index in [-0.39, 0.29) is 4.90 Å². The molecular formula is C16H18O4S2. The monoisotopic (exact) mass is 338 g/mol. The standard InChI is InChI=1S/C16H18O4S2/c1-19-15-9-12(7-8-16(15)21-2)11-20-13-5-4-6-14(10-13)22(3,17)18/h4-10H,11H2,1-3H3. The molecule has 0 amide bonds. The summed E-state index contributed by atoms with van der Waals surface area (Å²) in [5, 5.41) is 0. The first-order valence-electron chi connectivity index (χ1n) is 6.58. The fraction of sp³-hybridized carbons (Fsp3) is 0.250. The molecule has 4 nitrogen and oxygen atoms in total. The lowest BCUT2D eigenvalue weighted by atomic mass is 10.2. The molecule has 0 aliphatic carbocycles. The first-order chi connectivity index (χ1) is 10.4. The van der Waals surface area contributed by atoms with Gasteiger partial charge in [-0.25, -0.2) is 8.42 Å². The van der Waals surface area contributed by atoms with Gasteiger partial charge in [0.1, 0.15) is 18.1 Å². The van der Waals surface area contributed by atoms with Crippen molar-refractivity contribution >= 4 is 21.6 Å². The minimum absolute atomic E-state index is 0.250. The summed E-state index contributed by atoms with van der Waals surface area (Å²) < 4.78 is 34.1. The Morgan fingerprint density at radius 1 is 1.14 bits per heavy atom. The van der Waals surface area contributed by atoms with Crippen LogP contribution in [-0.4, -0.2) is 28.0 Å². The number of hydrogen-bond donors (Lipinski definition) is 0. The van der Waals surface area contributed by atoms with E-state index in [4.69, 9.17) is 9.47 Å². The van der Waals surface area contributed by atoms with Crippen molar-refractivity contribution in [2.75, 3.05) is 19.6 Å². The van der Waals surface area contributed by atoms with Crippen LogP contribution >= 0.6 is 11.8 Å². The molecule has 0 fully saturated rings. The van der Waals surface area contributed by atoms with Gasteiger partial charge in [0.25, 0.3) is 0 Å². The number of sulfone groups is 1. The van der Waals surface area contributed by atoms with Crippen molar-refractivity contribution in [1.29, 1.82) is 0 Å². The predicted octanol–water partition coefficient (Wildman–Crippen LogP) is 3.40. The van der Waals surface area contributed by atoms with Gasteiger partial charge in [-0.1, -0.05) is 12.1 Å². The molecule has 0 aliphatic rings. The normalized spacial score (nSPS) is 11.2. The van der Waals surface area contributed by atoms with Crippen LogP contribution in [0.2, 0.25) is 0 Å². The number of ether oxygens (including phenoxy) is 2. The topological polar surface area (TPSA) is 52.6 Å². The van der Waals surface area contributed by atoms with Crippen LogP contribution in [0.4, 0.5) is 0 Å². The Bertz CT molecular complexity index is 754. The van der Waals surface area contributed by atoms with Gasteiger partial charge in [0.2, 0.25) is 0 Å². The number of rotatable bonds is 6. The lowest BCUT2D eigenvalue weighted by Gasteiger charge is -2.11. The second kappa shape index (κ2) is 7.07. The fourth-order valence-electron chi connectivity index (χ4n) is 1.93. The second-order valence-electron chi connectivity index (χ2n) is 4.73. The van der Waals surface area contributed by atoms with Crippen molar-refractivity contribution in [1.82, 2.24) is 0 Å². The van der Waals surface area contributed by atoms with E-state index in [0.717, 1.165) is 16.2 Å². The zero-order valence-corrected chi connectivity index (χ0v) is 14.3. The highest BCUT2D eigenvalue weighted by atomic mass is 32.2. The van der Waals surface area contributed by atoms with Crippen molar-refractivity contribution in [2.24, 2.45) is 0 Å². The number of hydrogen-bond acceptors (Lipinski definition) is 5. The van der Waals surface area contributed by atoms with E-state index in [1.54, 1.807) is 37.1 Å². The number of methoxy groups -OCH3 is 1. The highest BCUT2D eigenvalue weighted by molar-refractivity contribution is 7.98. The molecule has 0 saturated carbocycles. The Labute approximate surface area is 135 Å². The second-order valence-corrected chi connectivity index (χ2v) is 7.59. The Hall–Kier alpha value is -1.66. The average Bonchev–Trinajstić information content (AvgIpc) is 2.52. The first kappa shape index (κ1) is 16.7. The summed E-state index contributed by atoms with van der Waals surface area (Å²) in [4.78, 5) is 1.31. The zero-order valence-electron chi connectivity index (χ0n) is 12.7. The van der Waals surface area contributed by atoms with Gasteiger partial charge in [0.15, 0.2) is 9.84 Å². The summed E-state index contributed by atoms with van der Waals surface area (Å²) in [6, 6.07) is 12.4. The van der Waals surface area contributed by atoms with Gasteiger partial charge in [-0.05, 0) is 42.2 Å². The Balaban J connectivity index is 2.13. The molecule has 0 atom stereocenters. The SMILES string of the molecule is COc1cc(COc2cccc(S(C)(=O)=O)c2)ccc1SC. The van der Waals surface area contributed by atoms with Crippen molar-refractivity contribution in [3.63, 3.8) is 0 Å². The maximum Gasteiger partial charge on any atom is 0.175 e. The van der Waals surface area contributed by atoms with Crippen molar-refractivity contribution in [2.45, 2.75) is 16.4 Å². The van der Waals surface area contributed by atoms with Gasteiger partial charge < -0.3 is 9.47 Å². The van der Waals surface area contributed by atoms with E-state index in [1.807, 2.05) is 24.5 Å². The summed E-state index contributed by atoms with van der Waals surface area (Å²) >= 11 is 1.62. The third kappa shape index (κ3) is 4.18. The zero-order chi connectivity index (χ0) is 16.2. The minimum Gasteiger partial charge on any atom is -0.496 e. The molecule has 0 bridgehead atoms. The van der Waals surface area contributed by atoms with E-state index in [0.29, 0.717) is 12.4 Å². The minimum atomic E-state index is -3.23. The van der Waals surface area contributed by atoms with Crippen molar-refractivity contribution in [3.05, 3.63) is 48.0 Å². The van der Waals surface area contributed by atoms with E-state index in [1.165, 1.54) is 12.3 Å². The van der Waals surface area contributed by atoms with Crippen LogP contribution in [-0.2, 0) is 16.4 Å². The van der Waals surface area contributed by atoms with E-state index < -0.39 is 9.84 Å². The lowest BCUT2D eigenvalue weighted by molar-refractivity contribution is 0.304. The largest absolute Gasteiger partial charge is 0.496 e. The van der Waals surface area contributed by atoms with Crippen molar-refractivity contribution in [3.8, 4) is 11.5 Å². The molecule has 0 aromatic heterocycles. The fourth-order valence-corrected chi connectivity index (χ4v) is 3.14. The molecular weight excluding hydrogens is 320 g/mol. The van der Waals surface area contributed by atoms with E-state index in [2.05, 4.69) is 0 Å². The Morgan fingerprint density at radius 3 is 2.55 bits per heavy atom. The van der Waals surface area contributed by atoms with Gasteiger partial charge in [0.05, 0.1) is 12.0 Å². The number of thioether (sulfide) groups is 1. The molecule has 0 N–H and O–H groups in total. The molecule has 2 aromatic rings. The summed E-state index contributed by atoms with van der Waals surface area (Å²) in [5.74, 6) is 1.33. The molecule has 118 valence electrons. The van der Waals surface area contributed by atoms with Crippen LogP contribution < -0.4 is 9.47 Å². The Kier molecular flexibility index (Phi) is 5.37. The third-order valence-corrected chi connectivity index (χ3v) is 4.97. The number of benzene rings is 2. The quantitative estimate of drug-likeness (QED) is 0.756.